The lowest BCUT2D eigenvalue weighted by atomic mass is 10.2. The fourth-order valence-electron chi connectivity index (χ4n) is 2.64. The summed E-state index contributed by atoms with van der Waals surface area (Å²) in [6, 6.07) is 10.4. The number of aromatic nitrogens is 3. The summed E-state index contributed by atoms with van der Waals surface area (Å²) in [5.41, 5.74) is 2.98. The zero-order chi connectivity index (χ0) is 20.3. The second-order valence-corrected chi connectivity index (χ2v) is 5.89. The van der Waals surface area contributed by atoms with Gasteiger partial charge in [-0.05, 0) is 32.0 Å². The quantitative estimate of drug-likeness (QED) is 0.396. The number of nitro groups is 1. The third kappa shape index (κ3) is 3.70. The fraction of sp³-hybridized carbons (Fsp3) is 0.111. The molecule has 142 valence electrons. The van der Waals surface area contributed by atoms with Gasteiger partial charge in [0.25, 0.3) is 17.2 Å². The highest BCUT2D eigenvalue weighted by atomic mass is 16.6. The Labute approximate surface area is 158 Å². The summed E-state index contributed by atoms with van der Waals surface area (Å²) in [6.07, 6.45) is 1.57. The molecule has 10 nitrogen and oxygen atoms in total. The van der Waals surface area contributed by atoms with Crippen LogP contribution in [0.3, 0.4) is 0 Å². The smallest absolute Gasteiger partial charge is 0.282 e. The van der Waals surface area contributed by atoms with Gasteiger partial charge < -0.3 is 0 Å². The molecule has 0 radical (unpaired) electrons. The molecule has 0 saturated carbocycles. The lowest BCUT2D eigenvalue weighted by Gasteiger charge is -2.02. The molecule has 2 aromatic heterocycles. The highest BCUT2D eigenvalue weighted by molar-refractivity contribution is 6.01. The van der Waals surface area contributed by atoms with Crippen LogP contribution in [-0.2, 0) is 0 Å². The molecule has 10 heteroatoms. The molecule has 1 aromatic carbocycles. The first-order chi connectivity index (χ1) is 13.4. The van der Waals surface area contributed by atoms with Gasteiger partial charge in [-0.2, -0.15) is 5.10 Å². The number of benzene rings is 1. The number of H-pyrrole nitrogens is 1. The number of nitrogens with zero attached hydrogens (tertiary/aromatic N) is 4. The van der Waals surface area contributed by atoms with Gasteiger partial charge in [0.1, 0.15) is 0 Å². The largest absolute Gasteiger partial charge is 0.293 e. The molecule has 0 aliphatic carbocycles. The minimum absolute atomic E-state index is 0.0856. The number of hydrazone groups is 1. The Kier molecular flexibility index (Phi) is 5.12. The first-order valence-electron chi connectivity index (χ1n) is 8.21. The summed E-state index contributed by atoms with van der Waals surface area (Å²) in [6.45, 7) is 3.28. The molecule has 0 saturated heterocycles. The van der Waals surface area contributed by atoms with Crippen molar-refractivity contribution in [1.82, 2.24) is 20.2 Å². The minimum Gasteiger partial charge on any atom is -0.293 e. The molecule has 1 amide bonds. The topological polar surface area (TPSA) is 135 Å². The van der Waals surface area contributed by atoms with E-state index in [9.17, 15) is 19.7 Å². The first kappa shape index (κ1) is 18.7. The summed E-state index contributed by atoms with van der Waals surface area (Å²) < 4.78 is 1.28. The van der Waals surface area contributed by atoms with Crippen molar-refractivity contribution < 1.29 is 9.72 Å². The average molecular weight is 380 g/mol. The van der Waals surface area contributed by atoms with Gasteiger partial charge >= 0.3 is 0 Å². The van der Waals surface area contributed by atoms with Crippen LogP contribution in [0.5, 0.6) is 0 Å². The molecule has 0 atom stereocenters. The number of aryl methyl sites for hydroxylation is 1. The third-order valence-corrected chi connectivity index (χ3v) is 3.96. The summed E-state index contributed by atoms with van der Waals surface area (Å²) >= 11 is 0. The van der Waals surface area contributed by atoms with Gasteiger partial charge in [-0.25, -0.2) is 15.1 Å². The Morgan fingerprint density at radius 3 is 2.75 bits per heavy atom. The van der Waals surface area contributed by atoms with Crippen molar-refractivity contribution in [3.05, 3.63) is 86.0 Å². The fourth-order valence-corrected chi connectivity index (χ4v) is 2.64. The van der Waals surface area contributed by atoms with E-state index in [0.717, 1.165) is 6.07 Å². The van der Waals surface area contributed by atoms with E-state index in [1.165, 1.54) is 22.9 Å². The number of aromatic amines is 1. The minimum atomic E-state index is -0.624. The van der Waals surface area contributed by atoms with E-state index in [1.807, 2.05) is 0 Å². The van der Waals surface area contributed by atoms with Gasteiger partial charge in [-0.15, -0.1) is 0 Å². The molecule has 2 N–H and O–H groups in total. The predicted molar refractivity (Wildman–Crippen MR) is 102 cm³/mol. The molecule has 3 aromatic rings. The van der Waals surface area contributed by atoms with E-state index in [2.05, 4.69) is 20.6 Å². The second kappa shape index (κ2) is 7.66. The predicted octanol–water partition coefficient (Wildman–Crippen LogP) is 1.93. The number of nitro benzene ring substituents is 1. The maximum atomic E-state index is 12.7. The number of hydrogen-bond donors (Lipinski definition) is 2. The number of pyridine rings is 1. The van der Waals surface area contributed by atoms with Crippen molar-refractivity contribution in [2.24, 2.45) is 5.10 Å². The molecule has 2 heterocycles. The normalized spacial score (nSPS) is 11.3. The van der Waals surface area contributed by atoms with Gasteiger partial charge in [0, 0.05) is 29.6 Å². The Bertz CT molecular complexity index is 1130. The monoisotopic (exact) mass is 380 g/mol. The molecule has 3 rings (SSSR count). The van der Waals surface area contributed by atoms with Crippen LogP contribution in [0.4, 0.5) is 5.69 Å². The molecule has 0 fully saturated rings. The van der Waals surface area contributed by atoms with Crippen molar-refractivity contribution in [3.63, 3.8) is 0 Å². The van der Waals surface area contributed by atoms with E-state index in [-0.39, 0.29) is 22.5 Å². The molecule has 0 unspecified atom stereocenters. The lowest BCUT2D eigenvalue weighted by molar-refractivity contribution is -0.384. The number of non-ortho nitro benzene ring substituents is 1. The first-order valence-corrected chi connectivity index (χ1v) is 8.21. The molecular formula is C18H16N6O4. The van der Waals surface area contributed by atoms with Gasteiger partial charge in [0.05, 0.1) is 16.2 Å². The van der Waals surface area contributed by atoms with Crippen molar-refractivity contribution in [3.8, 4) is 5.82 Å². The van der Waals surface area contributed by atoms with E-state index in [0.29, 0.717) is 17.1 Å². The lowest BCUT2D eigenvalue weighted by Crippen LogP contribution is -2.23. The second-order valence-electron chi connectivity index (χ2n) is 5.89. The van der Waals surface area contributed by atoms with Crippen LogP contribution in [-0.4, -0.2) is 31.3 Å². The van der Waals surface area contributed by atoms with E-state index in [4.69, 9.17) is 0 Å². The summed E-state index contributed by atoms with van der Waals surface area (Å²) in [7, 11) is 0. The number of carbonyl (C=O) groups excluding carboxylic acids is 1. The molecule has 0 bridgehead atoms. The molecule has 0 aliphatic heterocycles. The van der Waals surface area contributed by atoms with Crippen molar-refractivity contribution in [2.75, 3.05) is 0 Å². The maximum absolute atomic E-state index is 12.7. The summed E-state index contributed by atoms with van der Waals surface area (Å²) in [4.78, 5) is 39.3. The number of nitrogens with one attached hydrogen (secondary N) is 2. The van der Waals surface area contributed by atoms with Crippen LogP contribution in [0, 0.1) is 17.0 Å². The van der Waals surface area contributed by atoms with Crippen LogP contribution >= 0.6 is 0 Å². The highest BCUT2D eigenvalue weighted by Gasteiger charge is 2.16. The van der Waals surface area contributed by atoms with E-state index >= 15 is 0 Å². The van der Waals surface area contributed by atoms with E-state index in [1.54, 1.807) is 38.2 Å². The van der Waals surface area contributed by atoms with Crippen LogP contribution < -0.4 is 11.0 Å². The van der Waals surface area contributed by atoms with Crippen molar-refractivity contribution in [2.45, 2.75) is 13.8 Å². The number of carbonyl (C=O) groups is 1. The van der Waals surface area contributed by atoms with Gasteiger partial charge in [-0.1, -0.05) is 12.1 Å². The Morgan fingerprint density at radius 2 is 2.07 bits per heavy atom. The Hall–Kier alpha value is -4.08. The average Bonchev–Trinajstić information content (AvgIpc) is 3.00. The number of amides is 1. The van der Waals surface area contributed by atoms with Crippen LogP contribution in [0.1, 0.15) is 28.5 Å². The van der Waals surface area contributed by atoms with Crippen molar-refractivity contribution >= 4 is 17.3 Å². The zero-order valence-corrected chi connectivity index (χ0v) is 15.0. The van der Waals surface area contributed by atoms with Gasteiger partial charge in [0.15, 0.2) is 5.82 Å². The summed E-state index contributed by atoms with van der Waals surface area (Å²) in [5.74, 6) is -0.198. The SMILES string of the molecule is C/C(=N/NC(=O)c1cccc([N+](=O)[O-])c1)c1c(C)[nH]n(-c2ccccn2)c1=O. The Morgan fingerprint density at radius 1 is 1.29 bits per heavy atom. The standard InChI is InChI=1S/C18H16N6O4/c1-11(20-21-17(25)13-6-5-7-14(10-13)24(27)28)16-12(2)22-23(18(16)26)15-8-3-4-9-19-15/h3-10,22H,1-2H3,(H,21,25)/b20-11-. The van der Waals surface area contributed by atoms with Crippen molar-refractivity contribution in [1.29, 1.82) is 0 Å². The van der Waals surface area contributed by atoms with Crippen LogP contribution in [0.15, 0.2) is 58.6 Å². The zero-order valence-electron chi connectivity index (χ0n) is 15.0. The van der Waals surface area contributed by atoms with E-state index < -0.39 is 10.8 Å². The third-order valence-electron chi connectivity index (χ3n) is 3.96. The van der Waals surface area contributed by atoms with Gasteiger partial charge in [0.2, 0.25) is 0 Å². The number of rotatable bonds is 5. The molecule has 0 aliphatic rings. The van der Waals surface area contributed by atoms with Crippen LogP contribution in [0.2, 0.25) is 0 Å². The number of hydrogen-bond acceptors (Lipinski definition) is 6. The highest BCUT2D eigenvalue weighted by Crippen LogP contribution is 2.13. The molecule has 0 spiro atoms. The Balaban J connectivity index is 1.86. The summed E-state index contributed by atoms with van der Waals surface area (Å²) in [5, 5.41) is 17.7. The van der Waals surface area contributed by atoms with Gasteiger partial charge in [-0.3, -0.25) is 24.8 Å². The maximum Gasteiger partial charge on any atom is 0.282 e. The van der Waals surface area contributed by atoms with Crippen LogP contribution in [0.25, 0.3) is 5.82 Å². The molecular weight excluding hydrogens is 364 g/mol. The molecule has 28 heavy (non-hydrogen) atoms.